The molecular formula is C12H16FNO3S2. The van der Waals surface area contributed by atoms with Crippen LogP contribution in [0.5, 0.6) is 5.75 Å². The number of nitrogens with zero attached hydrogens (tertiary/aromatic N) is 1. The van der Waals surface area contributed by atoms with E-state index in [9.17, 15) is 12.8 Å². The highest BCUT2D eigenvalue weighted by Gasteiger charge is 2.33. The van der Waals surface area contributed by atoms with Crippen LogP contribution in [0.15, 0.2) is 23.1 Å². The van der Waals surface area contributed by atoms with Crippen molar-refractivity contribution in [2.75, 3.05) is 18.9 Å². The molecule has 0 N–H and O–H groups in total. The average molecular weight is 305 g/mol. The smallest absolute Gasteiger partial charge is 0.244 e. The van der Waals surface area contributed by atoms with Crippen LogP contribution in [0.2, 0.25) is 0 Å². The zero-order chi connectivity index (χ0) is 14.0. The summed E-state index contributed by atoms with van der Waals surface area (Å²) in [5.74, 6) is 0.188. The van der Waals surface area contributed by atoms with E-state index in [1.165, 1.54) is 16.4 Å². The molecule has 19 heavy (non-hydrogen) atoms. The summed E-state index contributed by atoms with van der Waals surface area (Å²) in [7, 11) is -3.63. The van der Waals surface area contributed by atoms with E-state index in [2.05, 4.69) is 0 Å². The molecule has 0 radical (unpaired) electrons. The van der Waals surface area contributed by atoms with Gasteiger partial charge in [0.25, 0.3) is 0 Å². The van der Waals surface area contributed by atoms with Crippen molar-refractivity contribution in [2.45, 2.75) is 24.1 Å². The molecule has 0 spiro atoms. The molecule has 1 aromatic carbocycles. The van der Waals surface area contributed by atoms with Crippen LogP contribution in [-0.2, 0) is 10.0 Å². The Bertz CT molecular complexity index is 562. The minimum atomic E-state index is -3.63. The van der Waals surface area contributed by atoms with Gasteiger partial charge in [0.15, 0.2) is 11.6 Å². The van der Waals surface area contributed by atoms with Gasteiger partial charge in [0, 0.05) is 12.3 Å². The topological polar surface area (TPSA) is 46.6 Å². The zero-order valence-corrected chi connectivity index (χ0v) is 12.4. The molecule has 0 bridgehead atoms. The summed E-state index contributed by atoms with van der Waals surface area (Å²) in [4.78, 5) is -0.0252. The Morgan fingerprint density at radius 1 is 1.53 bits per heavy atom. The molecule has 1 aliphatic heterocycles. The summed E-state index contributed by atoms with van der Waals surface area (Å²) in [6, 6.07) is 3.77. The lowest BCUT2D eigenvalue weighted by Crippen LogP contribution is -2.33. The Balaban J connectivity index is 2.33. The van der Waals surface area contributed by atoms with Gasteiger partial charge in [-0.3, -0.25) is 0 Å². The van der Waals surface area contributed by atoms with Gasteiger partial charge in [-0.2, -0.15) is 4.31 Å². The summed E-state index contributed by atoms with van der Waals surface area (Å²) >= 11 is 1.57. The van der Waals surface area contributed by atoms with E-state index >= 15 is 0 Å². The van der Waals surface area contributed by atoms with Crippen molar-refractivity contribution in [3.63, 3.8) is 0 Å². The van der Waals surface area contributed by atoms with E-state index < -0.39 is 15.8 Å². The van der Waals surface area contributed by atoms with Crippen LogP contribution in [-0.4, -0.2) is 37.0 Å². The van der Waals surface area contributed by atoms with Gasteiger partial charge < -0.3 is 4.74 Å². The third kappa shape index (κ3) is 2.88. The minimum Gasteiger partial charge on any atom is -0.491 e. The van der Waals surface area contributed by atoms with Gasteiger partial charge in [-0.1, -0.05) is 0 Å². The van der Waals surface area contributed by atoms with Crippen LogP contribution in [0.4, 0.5) is 4.39 Å². The predicted molar refractivity (Wildman–Crippen MR) is 73.4 cm³/mol. The summed E-state index contributed by atoms with van der Waals surface area (Å²) in [6.45, 7) is 4.37. The predicted octanol–water partition coefficient (Wildman–Crippen LogP) is 2.31. The molecule has 7 heteroatoms. The fraction of sp³-hybridized carbons (Fsp3) is 0.500. The molecule has 1 aliphatic rings. The second kappa shape index (κ2) is 5.68. The molecule has 2 rings (SSSR count). The lowest BCUT2D eigenvalue weighted by molar-refractivity contribution is 0.321. The average Bonchev–Trinajstić information content (AvgIpc) is 2.79. The second-order valence-corrected chi connectivity index (χ2v) is 7.43. The van der Waals surface area contributed by atoms with Crippen molar-refractivity contribution in [2.24, 2.45) is 0 Å². The van der Waals surface area contributed by atoms with Gasteiger partial charge in [-0.15, -0.1) is 11.8 Å². The Morgan fingerprint density at radius 2 is 2.26 bits per heavy atom. The highest BCUT2D eigenvalue weighted by atomic mass is 32.2. The van der Waals surface area contributed by atoms with Crippen LogP contribution in [0.3, 0.4) is 0 Å². The lowest BCUT2D eigenvalue weighted by atomic mass is 10.3. The van der Waals surface area contributed by atoms with Gasteiger partial charge >= 0.3 is 0 Å². The first-order valence-corrected chi connectivity index (χ1v) is 8.51. The largest absolute Gasteiger partial charge is 0.491 e. The number of hydrogen-bond donors (Lipinski definition) is 0. The van der Waals surface area contributed by atoms with Crippen molar-refractivity contribution in [1.82, 2.24) is 4.31 Å². The molecule has 0 aromatic heterocycles. The van der Waals surface area contributed by atoms with Crippen LogP contribution < -0.4 is 4.74 Å². The Kier molecular flexibility index (Phi) is 4.37. The first-order chi connectivity index (χ1) is 8.96. The normalized spacial score (nSPS) is 20.7. The molecule has 0 amide bonds. The lowest BCUT2D eigenvalue weighted by Gasteiger charge is -2.20. The molecule has 1 saturated heterocycles. The van der Waals surface area contributed by atoms with Gasteiger partial charge in [0.2, 0.25) is 10.0 Å². The molecule has 0 aliphatic carbocycles. The minimum absolute atomic E-state index is 0.0252. The van der Waals surface area contributed by atoms with Crippen LogP contribution >= 0.6 is 11.8 Å². The maximum Gasteiger partial charge on any atom is 0.244 e. The zero-order valence-electron chi connectivity index (χ0n) is 10.8. The van der Waals surface area contributed by atoms with Gasteiger partial charge in [-0.05, 0) is 32.0 Å². The van der Waals surface area contributed by atoms with Crippen LogP contribution in [0.25, 0.3) is 0 Å². The highest BCUT2D eigenvalue weighted by molar-refractivity contribution is 8.01. The molecule has 1 atom stereocenters. The van der Waals surface area contributed by atoms with E-state index in [1.54, 1.807) is 18.7 Å². The SMILES string of the molecule is CCOc1ccc(S(=O)(=O)N2CCSC2C)cc1F. The molecule has 4 nitrogen and oxygen atoms in total. The number of sulfonamides is 1. The molecular weight excluding hydrogens is 289 g/mol. The standard InChI is InChI=1S/C12H16FNO3S2/c1-3-17-12-5-4-10(8-11(12)13)19(15,16)14-6-7-18-9(14)2/h4-5,8-9H,3,6-7H2,1-2H3. The summed E-state index contributed by atoms with van der Waals surface area (Å²) < 4.78 is 44.9. The van der Waals surface area contributed by atoms with E-state index in [0.29, 0.717) is 13.2 Å². The third-order valence-corrected chi connectivity index (χ3v) is 6.14. The highest BCUT2D eigenvalue weighted by Crippen LogP contribution is 2.31. The van der Waals surface area contributed by atoms with Gasteiger partial charge in [0.05, 0.1) is 16.9 Å². The number of ether oxygens (including phenoxy) is 1. The van der Waals surface area contributed by atoms with Crippen molar-refractivity contribution >= 4 is 21.8 Å². The number of hydrogen-bond acceptors (Lipinski definition) is 4. The first kappa shape index (κ1) is 14.6. The maximum atomic E-state index is 13.7. The quantitative estimate of drug-likeness (QED) is 0.856. The third-order valence-electron chi connectivity index (χ3n) is 2.89. The van der Waals surface area contributed by atoms with Crippen LogP contribution in [0.1, 0.15) is 13.8 Å². The van der Waals surface area contributed by atoms with Crippen LogP contribution in [0, 0.1) is 5.82 Å². The Labute approximate surface area is 117 Å². The van der Waals surface area contributed by atoms with Crippen molar-refractivity contribution in [1.29, 1.82) is 0 Å². The van der Waals surface area contributed by atoms with Crippen molar-refractivity contribution in [3.8, 4) is 5.75 Å². The second-order valence-electron chi connectivity index (χ2n) is 4.11. The molecule has 106 valence electrons. The molecule has 1 heterocycles. The van der Waals surface area contributed by atoms with E-state index in [0.717, 1.165) is 11.8 Å². The van der Waals surface area contributed by atoms with Crippen molar-refractivity contribution in [3.05, 3.63) is 24.0 Å². The summed E-state index contributed by atoms with van der Waals surface area (Å²) in [5, 5.41) is -0.111. The maximum absolute atomic E-state index is 13.7. The molecule has 1 aromatic rings. The van der Waals surface area contributed by atoms with E-state index in [-0.39, 0.29) is 16.0 Å². The number of halogens is 1. The summed E-state index contributed by atoms with van der Waals surface area (Å²) in [6.07, 6.45) is 0. The van der Waals surface area contributed by atoms with E-state index in [1.807, 2.05) is 6.92 Å². The van der Waals surface area contributed by atoms with Gasteiger partial charge in [0.1, 0.15) is 0 Å². The van der Waals surface area contributed by atoms with E-state index in [4.69, 9.17) is 4.74 Å². The fourth-order valence-corrected chi connectivity index (χ4v) is 4.98. The number of rotatable bonds is 4. The molecule has 1 fully saturated rings. The molecule has 0 saturated carbocycles. The summed E-state index contributed by atoms with van der Waals surface area (Å²) in [5.41, 5.74) is 0. The number of thioether (sulfide) groups is 1. The van der Waals surface area contributed by atoms with Gasteiger partial charge in [-0.25, -0.2) is 12.8 Å². The fourth-order valence-electron chi connectivity index (χ4n) is 1.94. The monoisotopic (exact) mass is 305 g/mol. The number of benzene rings is 1. The first-order valence-electron chi connectivity index (χ1n) is 6.02. The molecule has 1 unspecified atom stereocenters. The Hall–Kier alpha value is -0.790. The Morgan fingerprint density at radius 3 is 2.79 bits per heavy atom. The van der Waals surface area contributed by atoms with Crippen molar-refractivity contribution < 1.29 is 17.5 Å².